The number of halogens is 1. The number of ether oxygens (including phenoxy) is 1. The number of benzene rings is 2. The van der Waals surface area contributed by atoms with Crippen molar-refractivity contribution in [3.8, 4) is 5.75 Å². The Labute approximate surface area is 185 Å². The van der Waals surface area contributed by atoms with E-state index in [1.54, 1.807) is 7.11 Å². The predicted octanol–water partition coefficient (Wildman–Crippen LogP) is 7.05. The van der Waals surface area contributed by atoms with Crippen LogP contribution < -0.4 is 4.74 Å². The minimum Gasteiger partial charge on any atom is -0.496 e. The van der Waals surface area contributed by atoms with Gasteiger partial charge in [-0.2, -0.15) is 0 Å². The molecule has 2 nitrogen and oxygen atoms in total. The molecule has 0 N–H and O–H groups in total. The van der Waals surface area contributed by atoms with Crippen LogP contribution >= 0.6 is 0 Å². The number of piperidine rings is 1. The standard InChI is InChI=1S/C28H32FNO/c1-31-28-19-22(14-16-25(28)21-30-17-6-3-7-18-30)13-15-24-11-8-12-26(27(24)20-29)23-9-4-2-5-10-23/h4,8-16,19H,2-3,5-7,17-18,20-21H2,1H3/b15-13+. The third kappa shape index (κ3) is 5.34. The van der Waals surface area contributed by atoms with Crippen molar-refractivity contribution in [1.82, 2.24) is 4.90 Å². The first kappa shape index (κ1) is 21.6. The summed E-state index contributed by atoms with van der Waals surface area (Å²) in [5.74, 6) is 0.921. The molecule has 2 aromatic rings. The lowest BCUT2D eigenvalue weighted by Gasteiger charge is -2.27. The summed E-state index contributed by atoms with van der Waals surface area (Å²) in [7, 11) is 1.73. The van der Waals surface area contributed by atoms with Crippen molar-refractivity contribution in [2.24, 2.45) is 0 Å². The van der Waals surface area contributed by atoms with E-state index in [4.69, 9.17) is 4.74 Å². The Balaban J connectivity index is 1.55. The highest BCUT2D eigenvalue weighted by Crippen LogP contribution is 2.29. The maximum atomic E-state index is 14.0. The molecule has 0 saturated carbocycles. The lowest BCUT2D eigenvalue weighted by molar-refractivity contribution is 0.218. The highest BCUT2D eigenvalue weighted by atomic mass is 19.1. The molecule has 1 aliphatic heterocycles. The first-order valence-electron chi connectivity index (χ1n) is 11.4. The molecule has 1 fully saturated rings. The lowest BCUT2D eigenvalue weighted by atomic mass is 9.92. The van der Waals surface area contributed by atoms with Crippen LogP contribution in [0.25, 0.3) is 17.7 Å². The summed E-state index contributed by atoms with van der Waals surface area (Å²) in [5, 5.41) is 0. The van der Waals surface area contributed by atoms with Gasteiger partial charge in [0.25, 0.3) is 0 Å². The zero-order valence-electron chi connectivity index (χ0n) is 18.4. The average Bonchev–Trinajstić information content (AvgIpc) is 2.84. The second-order valence-corrected chi connectivity index (χ2v) is 8.39. The van der Waals surface area contributed by atoms with Crippen molar-refractivity contribution >= 4 is 17.7 Å². The van der Waals surface area contributed by atoms with Crippen LogP contribution in [0.5, 0.6) is 5.75 Å². The van der Waals surface area contributed by atoms with Crippen LogP contribution in [-0.4, -0.2) is 25.1 Å². The zero-order valence-corrected chi connectivity index (χ0v) is 18.4. The molecule has 0 spiro atoms. The van der Waals surface area contributed by atoms with Gasteiger partial charge in [-0.1, -0.05) is 67.1 Å². The van der Waals surface area contributed by atoms with Crippen molar-refractivity contribution < 1.29 is 9.13 Å². The molecule has 0 radical (unpaired) electrons. The van der Waals surface area contributed by atoms with Gasteiger partial charge in [-0.15, -0.1) is 0 Å². The number of likely N-dealkylation sites (tertiary alicyclic amines) is 1. The molecule has 31 heavy (non-hydrogen) atoms. The quantitative estimate of drug-likeness (QED) is 0.447. The summed E-state index contributed by atoms with van der Waals surface area (Å²) < 4.78 is 19.7. The van der Waals surface area contributed by atoms with Crippen LogP contribution in [0.3, 0.4) is 0 Å². The molecule has 0 bridgehead atoms. The summed E-state index contributed by atoms with van der Waals surface area (Å²) in [5.41, 5.74) is 6.09. The first-order valence-corrected chi connectivity index (χ1v) is 11.4. The second kappa shape index (κ2) is 10.6. The third-order valence-corrected chi connectivity index (χ3v) is 6.26. The summed E-state index contributed by atoms with van der Waals surface area (Å²) >= 11 is 0. The molecular weight excluding hydrogens is 385 g/mol. The fourth-order valence-corrected chi connectivity index (χ4v) is 4.53. The number of nitrogens with zero attached hydrogens (tertiary/aromatic N) is 1. The van der Waals surface area contributed by atoms with Gasteiger partial charge >= 0.3 is 0 Å². The maximum Gasteiger partial charge on any atom is 0.123 e. The van der Waals surface area contributed by atoms with Gasteiger partial charge in [0.1, 0.15) is 12.4 Å². The van der Waals surface area contributed by atoms with Crippen LogP contribution in [0.1, 0.15) is 59.9 Å². The van der Waals surface area contributed by atoms with E-state index in [9.17, 15) is 4.39 Å². The molecular formula is C28H32FNO. The maximum absolute atomic E-state index is 14.0. The molecule has 0 aromatic heterocycles. The van der Waals surface area contributed by atoms with Crippen LogP contribution in [0, 0.1) is 0 Å². The van der Waals surface area contributed by atoms with Crippen LogP contribution in [0.15, 0.2) is 54.6 Å². The van der Waals surface area contributed by atoms with E-state index in [1.165, 1.54) is 37.9 Å². The van der Waals surface area contributed by atoms with E-state index in [-0.39, 0.29) is 0 Å². The molecule has 1 heterocycles. The Hall–Kier alpha value is -2.65. The zero-order chi connectivity index (χ0) is 21.5. The van der Waals surface area contributed by atoms with Gasteiger partial charge in [-0.25, -0.2) is 4.39 Å². The lowest BCUT2D eigenvalue weighted by Crippen LogP contribution is -2.29. The van der Waals surface area contributed by atoms with Crippen molar-refractivity contribution in [3.63, 3.8) is 0 Å². The van der Waals surface area contributed by atoms with Crippen LogP contribution in [0.4, 0.5) is 4.39 Å². The molecule has 0 amide bonds. The second-order valence-electron chi connectivity index (χ2n) is 8.39. The Morgan fingerprint density at radius 1 is 1.03 bits per heavy atom. The summed E-state index contributed by atoms with van der Waals surface area (Å²) in [4.78, 5) is 2.50. The number of rotatable bonds is 7. The molecule has 1 saturated heterocycles. The monoisotopic (exact) mass is 417 g/mol. The average molecular weight is 418 g/mol. The van der Waals surface area contributed by atoms with E-state index < -0.39 is 6.67 Å². The topological polar surface area (TPSA) is 12.5 Å². The van der Waals surface area contributed by atoms with Gasteiger partial charge in [0, 0.05) is 12.1 Å². The molecule has 3 heteroatoms. The molecule has 0 atom stereocenters. The number of hydrogen-bond donors (Lipinski definition) is 0. The first-order chi connectivity index (χ1) is 15.3. The normalized spacial score (nSPS) is 17.2. The van der Waals surface area contributed by atoms with E-state index in [0.29, 0.717) is 0 Å². The van der Waals surface area contributed by atoms with E-state index >= 15 is 0 Å². The summed E-state index contributed by atoms with van der Waals surface area (Å²) in [6, 6.07) is 12.4. The molecule has 2 aliphatic rings. The molecule has 0 unspecified atom stereocenters. The highest BCUT2D eigenvalue weighted by Gasteiger charge is 2.14. The van der Waals surface area contributed by atoms with Crippen molar-refractivity contribution in [2.75, 3.05) is 20.2 Å². The Morgan fingerprint density at radius 2 is 1.90 bits per heavy atom. The van der Waals surface area contributed by atoms with Gasteiger partial charge in [0.15, 0.2) is 0 Å². The third-order valence-electron chi connectivity index (χ3n) is 6.26. The number of alkyl halides is 1. The van der Waals surface area contributed by atoms with Crippen molar-refractivity contribution in [1.29, 1.82) is 0 Å². The summed E-state index contributed by atoms with van der Waals surface area (Å²) in [6.07, 6.45) is 16.5. The fraction of sp³-hybridized carbons (Fsp3) is 0.357. The Kier molecular flexibility index (Phi) is 7.37. The van der Waals surface area contributed by atoms with Gasteiger partial charge < -0.3 is 4.74 Å². The van der Waals surface area contributed by atoms with E-state index in [1.807, 2.05) is 24.3 Å². The van der Waals surface area contributed by atoms with Crippen molar-refractivity contribution in [2.45, 2.75) is 45.3 Å². The van der Waals surface area contributed by atoms with E-state index in [2.05, 4.69) is 47.4 Å². The SMILES string of the molecule is COc1cc(/C=C/c2cccc(C3=CCCC=C3)c2CF)ccc1CN1CCCCC1. The number of allylic oxidation sites excluding steroid dienone is 4. The van der Waals surface area contributed by atoms with Crippen molar-refractivity contribution in [3.05, 3.63) is 82.4 Å². The van der Waals surface area contributed by atoms with Gasteiger partial charge in [-0.05, 0) is 72.7 Å². The Bertz CT molecular complexity index is 983. The van der Waals surface area contributed by atoms with Gasteiger partial charge in [0.05, 0.1) is 7.11 Å². The fourth-order valence-electron chi connectivity index (χ4n) is 4.53. The van der Waals surface area contributed by atoms with Gasteiger partial charge in [0.2, 0.25) is 0 Å². The minimum absolute atomic E-state index is 0.473. The number of methoxy groups -OCH3 is 1. The van der Waals surface area contributed by atoms with Gasteiger partial charge in [-0.3, -0.25) is 4.90 Å². The van der Waals surface area contributed by atoms with Crippen LogP contribution in [-0.2, 0) is 13.2 Å². The largest absolute Gasteiger partial charge is 0.496 e. The molecule has 2 aromatic carbocycles. The molecule has 1 aliphatic carbocycles. The molecule has 4 rings (SSSR count). The minimum atomic E-state index is -0.473. The van der Waals surface area contributed by atoms with Crippen LogP contribution in [0.2, 0.25) is 0 Å². The smallest absolute Gasteiger partial charge is 0.123 e. The molecule has 162 valence electrons. The summed E-state index contributed by atoms with van der Waals surface area (Å²) in [6.45, 7) is 2.79. The predicted molar refractivity (Wildman–Crippen MR) is 129 cm³/mol. The van der Waals surface area contributed by atoms with E-state index in [0.717, 1.165) is 53.0 Å². The number of hydrogen-bond acceptors (Lipinski definition) is 2. The highest BCUT2D eigenvalue weighted by molar-refractivity contribution is 5.81. The Morgan fingerprint density at radius 3 is 2.65 bits per heavy atom.